The van der Waals surface area contributed by atoms with Crippen LogP contribution in [-0.2, 0) is 9.59 Å². The monoisotopic (exact) mass is 374 g/mol. The number of nitrogens with zero attached hydrogens (tertiary/aromatic N) is 2. The number of benzene rings is 1. The molecule has 2 aliphatic rings. The van der Waals surface area contributed by atoms with E-state index in [0.29, 0.717) is 36.7 Å². The van der Waals surface area contributed by atoms with Crippen LogP contribution in [0.5, 0.6) is 5.75 Å². The van der Waals surface area contributed by atoms with Crippen LogP contribution in [0.2, 0.25) is 0 Å². The van der Waals surface area contributed by atoms with Gasteiger partial charge < -0.3 is 19.6 Å². The number of rotatable bonds is 6. The van der Waals surface area contributed by atoms with Crippen LogP contribution >= 0.6 is 0 Å². The maximum absolute atomic E-state index is 12.7. The van der Waals surface area contributed by atoms with E-state index in [1.54, 1.807) is 29.2 Å². The molecule has 2 heterocycles. The summed E-state index contributed by atoms with van der Waals surface area (Å²) in [6, 6.07) is 6.61. The van der Waals surface area contributed by atoms with Crippen LogP contribution in [0.3, 0.4) is 0 Å². The number of piperidine rings is 1. The molecule has 1 N–H and O–H groups in total. The Labute approximate surface area is 158 Å². The molecule has 0 bridgehead atoms. The van der Waals surface area contributed by atoms with Crippen molar-refractivity contribution < 1.29 is 24.2 Å². The van der Waals surface area contributed by atoms with E-state index in [0.717, 1.165) is 38.8 Å². The number of ether oxygens (including phenoxy) is 1. The fourth-order valence-corrected chi connectivity index (χ4v) is 3.73. The third kappa shape index (κ3) is 5.21. The van der Waals surface area contributed by atoms with Gasteiger partial charge in [0.15, 0.2) is 6.61 Å². The lowest BCUT2D eigenvalue weighted by Gasteiger charge is -2.32. The molecule has 2 aliphatic heterocycles. The van der Waals surface area contributed by atoms with Gasteiger partial charge in [-0.1, -0.05) is 6.07 Å². The molecule has 0 spiro atoms. The highest BCUT2D eigenvalue weighted by Crippen LogP contribution is 2.24. The molecule has 7 heteroatoms. The minimum absolute atomic E-state index is 0.0832. The van der Waals surface area contributed by atoms with Crippen molar-refractivity contribution in [1.82, 2.24) is 9.80 Å². The van der Waals surface area contributed by atoms with E-state index < -0.39 is 12.6 Å². The van der Waals surface area contributed by atoms with Crippen molar-refractivity contribution in [3.63, 3.8) is 0 Å². The van der Waals surface area contributed by atoms with Crippen molar-refractivity contribution in [2.75, 3.05) is 32.8 Å². The largest absolute Gasteiger partial charge is 0.482 e. The molecule has 27 heavy (non-hydrogen) atoms. The van der Waals surface area contributed by atoms with Gasteiger partial charge in [-0.3, -0.25) is 9.59 Å². The van der Waals surface area contributed by atoms with E-state index in [2.05, 4.69) is 0 Å². The highest BCUT2D eigenvalue weighted by Gasteiger charge is 2.27. The minimum atomic E-state index is -1.06. The zero-order chi connectivity index (χ0) is 19.2. The van der Waals surface area contributed by atoms with Gasteiger partial charge >= 0.3 is 5.97 Å². The lowest BCUT2D eigenvalue weighted by molar-refractivity contribution is -0.139. The molecule has 2 amide bonds. The Morgan fingerprint density at radius 3 is 2.41 bits per heavy atom. The van der Waals surface area contributed by atoms with Crippen molar-refractivity contribution in [1.29, 1.82) is 0 Å². The summed E-state index contributed by atoms with van der Waals surface area (Å²) >= 11 is 0. The molecule has 0 atom stereocenters. The Kier molecular flexibility index (Phi) is 6.32. The molecule has 0 aliphatic carbocycles. The maximum Gasteiger partial charge on any atom is 0.341 e. The summed E-state index contributed by atoms with van der Waals surface area (Å²) in [4.78, 5) is 39.4. The van der Waals surface area contributed by atoms with Crippen LogP contribution in [0.1, 0.15) is 42.5 Å². The number of carboxylic acids is 1. The van der Waals surface area contributed by atoms with E-state index in [1.807, 2.05) is 4.90 Å². The number of likely N-dealkylation sites (tertiary alicyclic amines) is 2. The first-order chi connectivity index (χ1) is 13.0. The molecule has 1 aromatic rings. The third-order valence-electron chi connectivity index (χ3n) is 5.27. The first-order valence-corrected chi connectivity index (χ1v) is 9.54. The van der Waals surface area contributed by atoms with Crippen LogP contribution in [0, 0.1) is 5.92 Å². The Morgan fingerprint density at radius 2 is 1.74 bits per heavy atom. The normalized spacial score (nSPS) is 17.8. The molecular formula is C20H26N2O5. The zero-order valence-corrected chi connectivity index (χ0v) is 15.4. The van der Waals surface area contributed by atoms with E-state index >= 15 is 0 Å². The van der Waals surface area contributed by atoms with Gasteiger partial charge in [0, 0.05) is 38.2 Å². The number of carbonyl (C=O) groups excluding carboxylic acids is 2. The first-order valence-electron chi connectivity index (χ1n) is 9.54. The first kappa shape index (κ1) is 19.2. The molecule has 0 saturated carbocycles. The number of aliphatic carboxylic acids is 1. The summed E-state index contributed by atoms with van der Waals surface area (Å²) in [6.07, 6.45) is 4.46. The second kappa shape index (κ2) is 8.88. The average molecular weight is 374 g/mol. The second-order valence-corrected chi connectivity index (χ2v) is 7.24. The standard InChI is InChI=1S/C20H26N2O5/c23-18(21-8-1-2-9-21)12-15-6-10-22(11-7-15)20(26)16-4-3-5-17(13-16)27-14-19(24)25/h3-5,13,15H,1-2,6-12,14H2,(H,24,25). The van der Waals surface area contributed by atoms with Gasteiger partial charge in [0.2, 0.25) is 5.91 Å². The van der Waals surface area contributed by atoms with Gasteiger partial charge in [0.25, 0.3) is 5.91 Å². The number of amides is 2. The van der Waals surface area contributed by atoms with Crippen molar-refractivity contribution in [3.8, 4) is 5.75 Å². The molecule has 7 nitrogen and oxygen atoms in total. The molecule has 0 aromatic heterocycles. The van der Waals surface area contributed by atoms with Gasteiger partial charge in [-0.15, -0.1) is 0 Å². The number of hydrogen-bond acceptors (Lipinski definition) is 4. The van der Waals surface area contributed by atoms with E-state index in [4.69, 9.17) is 9.84 Å². The molecule has 2 saturated heterocycles. The van der Waals surface area contributed by atoms with Crippen LogP contribution in [0.4, 0.5) is 0 Å². The summed E-state index contributed by atoms with van der Waals surface area (Å²) < 4.78 is 5.14. The Hall–Kier alpha value is -2.57. The van der Waals surface area contributed by atoms with Gasteiger partial charge in [0.05, 0.1) is 0 Å². The molecule has 2 fully saturated rings. The number of hydrogen-bond donors (Lipinski definition) is 1. The van der Waals surface area contributed by atoms with Gasteiger partial charge in [0.1, 0.15) is 5.75 Å². The molecule has 0 radical (unpaired) electrons. The number of carbonyl (C=O) groups is 3. The molecule has 3 rings (SSSR count). The zero-order valence-electron chi connectivity index (χ0n) is 15.4. The van der Waals surface area contributed by atoms with Crippen LogP contribution in [-0.4, -0.2) is 65.5 Å². The van der Waals surface area contributed by atoms with Crippen LogP contribution in [0.15, 0.2) is 24.3 Å². The van der Waals surface area contributed by atoms with E-state index in [1.165, 1.54) is 0 Å². The minimum Gasteiger partial charge on any atom is -0.482 e. The van der Waals surface area contributed by atoms with Crippen LogP contribution < -0.4 is 4.74 Å². The summed E-state index contributed by atoms with van der Waals surface area (Å²) in [7, 11) is 0. The highest BCUT2D eigenvalue weighted by molar-refractivity contribution is 5.94. The summed E-state index contributed by atoms with van der Waals surface area (Å²) in [5, 5.41) is 8.69. The topological polar surface area (TPSA) is 87.1 Å². The fourth-order valence-electron chi connectivity index (χ4n) is 3.73. The van der Waals surface area contributed by atoms with Crippen molar-refractivity contribution in [2.45, 2.75) is 32.1 Å². The predicted octanol–water partition coefficient (Wildman–Crippen LogP) is 2.01. The molecule has 1 aromatic carbocycles. The Balaban J connectivity index is 1.50. The lowest BCUT2D eigenvalue weighted by Crippen LogP contribution is -2.40. The van der Waals surface area contributed by atoms with Gasteiger partial charge in [-0.2, -0.15) is 0 Å². The predicted molar refractivity (Wildman–Crippen MR) is 98.6 cm³/mol. The SMILES string of the molecule is O=C(O)COc1cccc(C(=O)N2CCC(CC(=O)N3CCCC3)CC2)c1. The highest BCUT2D eigenvalue weighted by atomic mass is 16.5. The molecular weight excluding hydrogens is 348 g/mol. The summed E-state index contributed by atoms with van der Waals surface area (Å²) in [5.41, 5.74) is 0.490. The van der Waals surface area contributed by atoms with Gasteiger partial charge in [-0.25, -0.2) is 4.79 Å². The smallest absolute Gasteiger partial charge is 0.341 e. The van der Waals surface area contributed by atoms with Crippen LogP contribution in [0.25, 0.3) is 0 Å². The van der Waals surface area contributed by atoms with Crippen molar-refractivity contribution in [2.24, 2.45) is 5.92 Å². The summed E-state index contributed by atoms with van der Waals surface area (Å²) in [6.45, 7) is 2.61. The quantitative estimate of drug-likeness (QED) is 0.823. The van der Waals surface area contributed by atoms with Crippen molar-refractivity contribution in [3.05, 3.63) is 29.8 Å². The lowest BCUT2D eigenvalue weighted by atomic mass is 9.92. The van der Waals surface area contributed by atoms with Crippen molar-refractivity contribution >= 4 is 17.8 Å². The van der Waals surface area contributed by atoms with E-state index in [-0.39, 0.29) is 11.8 Å². The summed E-state index contributed by atoms with van der Waals surface area (Å²) in [5.74, 6) is -0.181. The molecule has 146 valence electrons. The molecule has 0 unspecified atom stereocenters. The third-order valence-corrected chi connectivity index (χ3v) is 5.27. The average Bonchev–Trinajstić information content (AvgIpc) is 3.22. The Bertz CT molecular complexity index is 691. The second-order valence-electron chi connectivity index (χ2n) is 7.24. The maximum atomic E-state index is 12.7. The number of carboxylic acid groups (broad SMARTS) is 1. The van der Waals surface area contributed by atoms with Gasteiger partial charge in [-0.05, 0) is 49.8 Å². The fraction of sp³-hybridized carbons (Fsp3) is 0.550. The Morgan fingerprint density at radius 1 is 1.04 bits per heavy atom. The van der Waals surface area contributed by atoms with E-state index in [9.17, 15) is 14.4 Å².